The van der Waals surface area contributed by atoms with E-state index in [0.29, 0.717) is 5.69 Å². The highest BCUT2D eigenvalue weighted by Gasteiger charge is 2.46. The van der Waals surface area contributed by atoms with E-state index in [1.54, 1.807) is 17.0 Å². The molecule has 1 aromatic carbocycles. The Morgan fingerprint density at radius 1 is 1.24 bits per heavy atom. The number of piperazine rings is 1. The summed E-state index contributed by atoms with van der Waals surface area (Å²) in [5.41, 5.74) is 0.655. The maximum atomic E-state index is 12.9. The molecular formula is C18H23N3O4. The Labute approximate surface area is 146 Å². The van der Waals surface area contributed by atoms with Crippen LogP contribution in [-0.2, 0) is 14.3 Å². The smallest absolute Gasteiger partial charge is 0.322 e. The number of ether oxygens (including phenoxy) is 1. The number of anilines is 1. The fraction of sp³-hybridized carbons (Fsp3) is 0.500. The summed E-state index contributed by atoms with van der Waals surface area (Å²) in [4.78, 5) is 38.8. The molecule has 7 nitrogen and oxygen atoms in total. The van der Waals surface area contributed by atoms with Crippen molar-refractivity contribution >= 4 is 23.6 Å². The van der Waals surface area contributed by atoms with Crippen molar-refractivity contribution in [3.63, 3.8) is 0 Å². The summed E-state index contributed by atoms with van der Waals surface area (Å²) in [7, 11) is 1.28. The van der Waals surface area contributed by atoms with E-state index in [2.05, 4.69) is 10.6 Å². The lowest BCUT2D eigenvalue weighted by Gasteiger charge is -2.47. The number of carbonyl (C=O) groups excluding carboxylic acids is 3. The zero-order valence-corrected chi connectivity index (χ0v) is 14.2. The highest BCUT2D eigenvalue weighted by atomic mass is 16.5. The maximum absolute atomic E-state index is 12.9. The van der Waals surface area contributed by atoms with Gasteiger partial charge < -0.3 is 20.3 Å². The van der Waals surface area contributed by atoms with E-state index in [1.807, 2.05) is 18.2 Å². The van der Waals surface area contributed by atoms with Crippen molar-refractivity contribution in [2.24, 2.45) is 0 Å². The van der Waals surface area contributed by atoms with Crippen molar-refractivity contribution in [3.05, 3.63) is 30.3 Å². The molecule has 3 rings (SSSR count). The number of hydrogen-bond donors (Lipinski definition) is 2. The van der Waals surface area contributed by atoms with Crippen LogP contribution in [0.2, 0.25) is 0 Å². The number of amides is 3. The summed E-state index contributed by atoms with van der Waals surface area (Å²) in [6.07, 6.45) is 3.53. The first-order valence-electron chi connectivity index (χ1n) is 8.61. The van der Waals surface area contributed by atoms with Gasteiger partial charge in [-0.1, -0.05) is 31.0 Å². The van der Waals surface area contributed by atoms with Gasteiger partial charge in [0.05, 0.1) is 19.6 Å². The third kappa shape index (κ3) is 3.75. The van der Waals surface area contributed by atoms with Gasteiger partial charge >= 0.3 is 12.0 Å². The molecule has 1 aromatic rings. The lowest BCUT2D eigenvalue weighted by Crippen LogP contribution is -2.68. The van der Waals surface area contributed by atoms with Crippen molar-refractivity contribution in [3.8, 4) is 0 Å². The molecule has 1 saturated heterocycles. The van der Waals surface area contributed by atoms with Crippen LogP contribution in [0, 0.1) is 0 Å². The topological polar surface area (TPSA) is 87.7 Å². The minimum Gasteiger partial charge on any atom is -0.469 e. The van der Waals surface area contributed by atoms with E-state index >= 15 is 0 Å². The largest absolute Gasteiger partial charge is 0.469 e. The van der Waals surface area contributed by atoms with Gasteiger partial charge in [0.1, 0.15) is 6.04 Å². The summed E-state index contributed by atoms with van der Waals surface area (Å²) >= 11 is 0. The van der Waals surface area contributed by atoms with Gasteiger partial charge in [-0.3, -0.25) is 9.59 Å². The Morgan fingerprint density at radius 2 is 1.96 bits per heavy atom. The summed E-state index contributed by atoms with van der Waals surface area (Å²) < 4.78 is 4.71. The molecule has 7 heteroatoms. The number of benzene rings is 1. The number of urea groups is 1. The number of methoxy groups -OCH3 is 1. The number of hydrogen-bond acceptors (Lipinski definition) is 4. The zero-order valence-electron chi connectivity index (χ0n) is 14.2. The predicted molar refractivity (Wildman–Crippen MR) is 91.9 cm³/mol. The molecule has 1 aliphatic carbocycles. The van der Waals surface area contributed by atoms with Gasteiger partial charge in [-0.15, -0.1) is 0 Å². The van der Waals surface area contributed by atoms with Crippen LogP contribution in [0.5, 0.6) is 0 Å². The molecule has 2 N–H and O–H groups in total. The van der Waals surface area contributed by atoms with Crippen molar-refractivity contribution in [2.45, 2.75) is 50.2 Å². The van der Waals surface area contributed by atoms with Crippen LogP contribution in [0.25, 0.3) is 0 Å². The molecule has 1 aliphatic heterocycles. The molecule has 134 valence electrons. The van der Waals surface area contributed by atoms with Crippen LogP contribution in [0.1, 0.15) is 32.1 Å². The fourth-order valence-electron chi connectivity index (χ4n) is 3.68. The van der Waals surface area contributed by atoms with Gasteiger partial charge in [0.15, 0.2) is 0 Å². The highest BCUT2D eigenvalue weighted by molar-refractivity contribution is 5.96. The first-order valence-corrected chi connectivity index (χ1v) is 8.61. The van der Waals surface area contributed by atoms with E-state index in [1.165, 1.54) is 7.11 Å². The van der Waals surface area contributed by atoms with Gasteiger partial charge in [-0.2, -0.15) is 0 Å². The van der Waals surface area contributed by atoms with Gasteiger partial charge in [0.2, 0.25) is 5.91 Å². The minimum atomic E-state index is -0.851. The summed E-state index contributed by atoms with van der Waals surface area (Å²) in [5, 5.41) is 5.82. The Morgan fingerprint density at radius 3 is 2.68 bits per heavy atom. The number of carbonyl (C=O) groups is 3. The van der Waals surface area contributed by atoms with Gasteiger partial charge in [0, 0.05) is 11.7 Å². The quantitative estimate of drug-likeness (QED) is 0.819. The number of rotatable bonds is 3. The predicted octanol–water partition coefficient (Wildman–Crippen LogP) is 1.89. The van der Waals surface area contributed by atoms with Crippen molar-refractivity contribution in [2.75, 3.05) is 12.4 Å². The standard InChI is InChI=1S/C18H23N3O4/c1-25-16(22)11-15-17(23)20-13-9-5-6-10-14(13)21(15)18(24)19-12-7-3-2-4-8-12/h2-4,7-8,13-15H,5-6,9-11H2,1H3,(H,19,24)(H,20,23). The second-order valence-corrected chi connectivity index (χ2v) is 6.47. The van der Waals surface area contributed by atoms with Crippen LogP contribution < -0.4 is 10.6 Å². The summed E-state index contributed by atoms with van der Waals surface area (Å²) in [6.45, 7) is 0. The van der Waals surface area contributed by atoms with Crippen LogP contribution in [0.3, 0.4) is 0 Å². The number of nitrogens with zero attached hydrogens (tertiary/aromatic N) is 1. The third-order valence-electron chi connectivity index (χ3n) is 4.90. The minimum absolute atomic E-state index is 0.0586. The van der Waals surface area contributed by atoms with Crippen molar-refractivity contribution < 1.29 is 19.1 Å². The van der Waals surface area contributed by atoms with Crippen molar-refractivity contribution in [1.82, 2.24) is 10.2 Å². The Kier molecular flexibility index (Phi) is 5.21. The van der Waals surface area contributed by atoms with Gasteiger partial charge in [0.25, 0.3) is 0 Å². The monoisotopic (exact) mass is 345 g/mol. The average molecular weight is 345 g/mol. The first kappa shape index (κ1) is 17.3. The zero-order chi connectivity index (χ0) is 17.8. The molecule has 0 bridgehead atoms. The molecule has 1 heterocycles. The third-order valence-corrected chi connectivity index (χ3v) is 4.90. The Bertz CT molecular complexity index is 649. The highest BCUT2D eigenvalue weighted by Crippen LogP contribution is 2.30. The molecule has 2 aliphatic rings. The molecule has 25 heavy (non-hydrogen) atoms. The molecule has 3 atom stereocenters. The van der Waals surface area contributed by atoms with Gasteiger partial charge in [-0.05, 0) is 25.0 Å². The maximum Gasteiger partial charge on any atom is 0.322 e. The van der Waals surface area contributed by atoms with E-state index in [9.17, 15) is 14.4 Å². The Hall–Kier alpha value is -2.57. The first-order chi connectivity index (χ1) is 12.1. The number of esters is 1. The normalized spacial score (nSPS) is 25.6. The molecule has 3 amide bonds. The van der Waals surface area contributed by atoms with E-state index in [-0.39, 0.29) is 30.4 Å². The Balaban J connectivity index is 1.85. The van der Waals surface area contributed by atoms with E-state index in [0.717, 1.165) is 25.7 Å². The average Bonchev–Trinajstić information content (AvgIpc) is 2.62. The number of fused-ring (bicyclic) bond motifs is 1. The summed E-state index contributed by atoms with van der Waals surface area (Å²) in [5.74, 6) is -0.802. The van der Waals surface area contributed by atoms with Gasteiger partial charge in [-0.25, -0.2) is 4.79 Å². The van der Waals surface area contributed by atoms with Crippen LogP contribution in [0.15, 0.2) is 30.3 Å². The molecule has 0 spiro atoms. The molecular weight excluding hydrogens is 322 g/mol. The van der Waals surface area contributed by atoms with E-state index in [4.69, 9.17) is 4.74 Å². The van der Waals surface area contributed by atoms with Crippen LogP contribution in [0.4, 0.5) is 10.5 Å². The lowest BCUT2D eigenvalue weighted by atomic mass is 9.85. The lowest BCUT2D eigenvalue weighted by molar-refractivity contribution is -0.146. The SMILES string of the molecule is COC(=O)CC1C(=O)NC2CCCCC2N1C(=O)Nc1ccccc1. The molecule has 3 unspecified atom stereocenters. The molecule has 0 aromatic heterocycles. The molecule has 2 fully saturated rings. The second kappa shape index (κ2) is 7.55. The molecule has 1 saturated carbocycles. The second-order valence-electron chi connectivity index (χ2n) is 6.47. The van der Waals surface area contributed by atoms with Crippen LogP contribution in [-0.4, -0.2) is 48.0 Å². The number of nitrogens with one attached hydrogen (secondary N) is 2. The summed E-state index contributed by atoms with van der Waals surface area (Å²) in [6, 6.07) is 7.72. The van der Waals surface area contributed by atoms with Crippen LogP contribution >= 0.6 is 0 Å². The number of para-hydroxylation sites is 1. The molecule has 0 radical (unpaired) electrons. The fourth-order valence-corrected chi connectivity index (χ4v) is 3.68. The van der Waals surface area contributed by atoms with Crippen molar-refractivity contribution in [1.29, 1.82) is 0 Å². The van der Waals surface area contributed by atoms with E-state index < -0.39 is 12.0 Å².